The molecule has 0 fully saturated rings. The molecule has 0 bridgehead atoms. The minimum absolute atomic E-state index is 0.161. The number of carbonyl (C=O) groups excluding carboxylic acids is 1. The molecule has 0 aliphatic heterocycles. The van der Waals surface area contributed by atoms with Crippen LogP contribution >= 0.6 is 0 Å². The molecule has 0 atom stereocenters. The Morgan fingerprint density at radius 2 is 1.57 bits per heavy atom. The number of anilines is 1. The first-order chi connectivity index (χ1) is 11.1. The zero-order valence-electron chi connectivity index (χ0n) is 14.1. The van der Waals surface area contributed by atoms with Crippen LogP contribution < -0.4 is 14.8 Å². The van der Waals surface area contributed by atoms with Gasteiger partial charge in [0.1, 0.15) is 0 Å². The molecule has 1 N–H and O–H groups in total. The highest BCUT2D eigenvalue weighted by Gasteiger charge is 2.13. The third-order valence-corrected chi connectivity index (χ3v) is 3.53. The maximum Gasteiger partial charge on any atom is 0.255 e. The second kappa shape index (κ2) is 7.68. The molecule has 0 heterocycles. The Kier molecular flexibility index (Phi) is 5.63. The van der Waals surface area contributed by atoms with Gasteiger partial charge in [-0.3, -0.25) is 4.79 Å². The van der Waals surface area contributed by atoms with Gasteiger partial charge < -0.3 is 14.8 Å². The van der Waals surface area contributed by atoms with Crippen LogP contribution in [0.25, 0.3) is 0 Å². The van der Waals surface area contributed by atoms with Crippen molar-refractivity contribution in [3.05, 3.63) is 53.1 Å². The number of ether oxygens (including phenoxy) is 2. The third kappa shape index (κ3) is 4.03. The van der Waals surface area contributed by atoms with E-state index in [4.69, 9.17) is 9.47 Å². The summed E-state index contributed by atoms with van der Waals surface area (Å²) in [6.07, 6.45) is 0. The summed E-state index contributed by atoms with van der Waals surface area (Å²) in [4.78, 5) is 12.5. The monoisotopic (exact) mass is 313 g/mol. The Morgan fingerprint density at radius 3 is 2.17 bits per heavy atom. The van der Waals surface area contributed by atoms with Crippen molar-refractivity contribution < 1.29 is 14.3 Å². The summed E-state index contributed by atoms with van der Waals surface area (Å²) in [7, 11) is 0. The number of nitrogens with one attached hydrogen (secondary N) is 1. The molecule has 1 amide bonds. The molecular weight excluding hydrogens is 290 g/mol. The number of carbonyl (C=O) groups is 1. The number of para-hydroxylation sites is 1. The summed E-state index contributed by atoms with van der Waals surface area (Å²) in [6.45, 7) is 8.84. The minimum Gasteiger partial charge on any atom is -0.490 e. The number of benzene rings is 2. The first-order valence-electron chi connectivity index (χ1n) is 7.84. The van der Waals surface area contributed by atoms with E-state index in [-0.39, 0.29) is 5.91 Å². The molecule has 4 nitrogen and oxygen atoms in total. The molecule has 4 heteroatoms. The SMILES string of the molecule is CCOc1ccc(C(=O)Nc2c(C)cccc2C)cc1OCC. The van der Waals surface area contributed by atoms with Crippen LogP contribution in [0.2, 0.25) is 0 Å². The Bertz CT molecular complexity index is 675. The fraction of sp³-hybridized carbons (Fsp3) is 0.316. The summed E-state index contributed by atoms with van der Waals surface area (Å²) < 4.78 is 11.1. The summed E-state index contributed by atoms with van der Waals surface area (Å²) >= 11 is 0. The Morgan fingerprint density at radius 1 is 0.957 bits per heavy atom. The van der Waals surface area contributed by atoms with Gasteiger partial charge in [0, 0.05) is 11.3 Å². The van der Waals surface area contributed by atoms with E-state index in [9.17, 15) is 4.79 Å². The third-order valence-electron chi connectivity index (χ3n) is 3.53. The van der Waals surface area contributed by atoms with Crippen LogP contribution in [0, 0.1) is 13.8 Å². The van der Waals surface area contributed by atoms with Gasteiger partial charge in [-0.1, -0.05) is 18.2 Å². The van der Waals surface area contributed by atoms with Crippen LogP contribution in [-0.2, 0) is 0 Å². The molecule has 0 aliphatic carbocycles. The molecule has 0 spiro atoms. The molecule has 0 radical (unpaired) electrons. The number of hydrogen-bond acceptors (Lipinski definition) is 3. The second-order valence-corrected chi connectivity index (χ2v) is 5.25. The second-order valence-electron chi connectivity index (χ2n) is 5.25. The normalized spacial score (nSPS) is 10.3. The molecule has 2 aromatic rings. The van der Waals surface area contributed by atoms with Gasteiger partial charge in [-0.15, -0.1) is 0 Å². The lowest BCUT2D eigenvalue weighted by Gasteiger charge is -2.14. The van der Waals surface area contributed by atoms with Crippen molar-refractivity contribution in [3.8, 4) is 11.5 Å². The maximum atomic E-state index is 12.5. The zero-order valence-corrected chi connectivity index (χ0v) is 14.1. The average Bonchev–Trinajstić information content (AvgIpc) is 2.53. The quantitative estimate of drug-likeness (QED) is 0.862. The minimum atomic E-state index is -0.161. The van der Waals surface area contributed by atoms with E-state index in [2.05, 4.69) is 5.32 Å². The highest BCUT2D eigenvalue weighted by molar-refractivity contribution is 6.05. The van der Waals surface area contributed by atoms with Crippen LogP contribution in [0.15, 0.2) is 36.4 Å². The lowest BCUT2D eigenvalue weighted by molar-refractivity contribution is 0.102. The van der Waals surface area contributed by atoms with Gasteiger partial charge >= 0.3 is 0 Å². The first-order valence-corrected chi connectivity index (χ1v) is 7.84. The number of aryl methyl sites for hydroxylation is 2. The van der Waals surface area contributed by atoms with Crippen LogP contribution in [0.3, 0.4) is 0 Å². The lowest BCUT2D eigenvalue weighted by Crippen LogP contribution is -2.14. The predicted molar refractivity (Wildman–Crippen MR) is 92.6 cm³/mol. The molecule has 0 aromatic heterocycles. The Balaban J connectivity index is 2.27. The van der Waals surface area contributed by atoms with Crippen LogP contribution in [0.1, 0.15) is 35.3 Å². The highest BCUT2D eigenvalue weighted by atomic mass is 16.5. The van der Waals surface area contributed by atoms with Crippen molar-refractivity contribution in [2.24, 2.45) is 0 Å². The summed E-state index contributed by atoms with van der Waals surface area (Å²) in [5.41, 5.74) is 3.47. The first kappa shape index (κ1) is 16.9. The van der Waals surface area contributed by atoms with Gasteiger partial charge in [0.15, 0.2) is 11.5 Å². The number of amides is 1. The van der Waals surface area contributed by atoms with Gasteiger partial charge in [0.05, 0.1) is 13.2 Å². The largest absolute Gasteiger partial charge is 0.490 e. The molecule has 2 aromatic carbocycles. The molecule has 0 aliphatic rings. The van der Waals surface area contributed by atoms with E-state index in [0.717, 1.165) is 16.8 Å². The van der Waals surface area contributed by atoms with E-state index < -0.39 is 0 Å². The molecule has 0 unspecified atom stereocenters. The van der Waals surface area contributed by atoms with Gasteiger partial charge in [0.2, 0.25) is 0 Å². The van der Waals surface area contributed by atoms with Crippen LogP contribution in [0.4, 0.5) is 5.69 Å². The van der Waals surface area contributed by atoms with Crippen molar-refractivity contribution in [1.29, 1.82) is 0 Å². The molecule has 23 heavy (non-hydrogen) atoms. The number of hydrogen-bond donors (Lipinski definition) is 1. The molecule has 122 valence electrons. The van der Waals surface area contributed by atoms with Gasteiger partial charge in [0.25, 0.3) is 5.91 Å². The van der Waals surface area contributed by atoms with E-state index in [1.807, 2.05) is 45.9 Å². The van der Waals surface area contributed by atoms with Crippen LogP contribution in [0.5, 0.6) is 11.5 Å². The zero-order chi connectivity index (χ0) is 16.8. The molecule has 0 saturated heterocycles. The summed E-state index contributed by atoms with van der Waals surface area (Å²) in [5.74, 6) is 1.08. The van der Waals surface area contributed by atoms with E-state index in [1.165, 1.54) is 0 Å². The molecule has 2 rings (SSSR count). The van der Waals surface area contributed by atoms with E-state index in [1.54, 1.807) is 18.2 Å². The number of rotatable bonds is 6. The fourth-order valence-electron chi connectivity index (χ4n) is 2.39. The van der Waals surface area contributed by atoms with E-state index in [0.29, 0.717) is 30.3 Å². The van der Waals surface area contributed by atoms with Gasteiger partial charge in [-0.25, -0.2) is 0 Å². The van der Waals surface area contributed by atoms with Crippen molar-refractivity contribution in [3.63, 3.8) is 0 Å². The van der Waals surface area contributed by atoms with Crippen molar-refractivity contribution >= 4 is 11.6 Å². The highest BCUT2D eigenvalue weighted by Crippen LogP contribution is 2.29. The van der Waals surface area contributed by atoms with Crippen molar-refractivity contribution in [2.75, 3.05) is 18.5 Å². The summed E-state index contributed by atoms with van der Waals surface area (Å²) in [6, 6.07) is 11.2. The average molecular weight is 313 g/mol. The Hall–Kier alpha value is -2.49. The van der Waals surface area contributed by atoms with Crippen molar-refractivity contribution in [2.45, 2.75) is 27.7 Å². The van der Waals surface area contributed by atoms with Gasteiger partial charge in [-0.05, 0) is 57.0 Å². The van der Waals surface area contributed by atoms with Crippen molar-refractivity contribution in [1.82, 2.24) is 0 Å². The smallest absolute Gasteiger partial charge is 0.255 e. The maximum absolute atomic E-state index is 12.5. The molecule has 0 saturated carbocycles. The summed E-state index contributed by atoms with van der Waals surface area (Å²) in [5, 5.41) is 2.98. The van der Waals surface area contributed by atoms with Gasteiger partial charge in [-0.2, -0.15) is 0 Å². The Labute approximate surface area is 137 Å². The standard InChI is InChI=1S/C19H23NO3/c1-5-22-16-11-10-15(12-17(16)23-6-2)19(21)20-18-13(3)8-7-9-14(18)4/h7-12H,5-6H2,1-4H3,(H,20,21). The van der Waals surface area contributed by atoms with Crippen LogP contribution in [-0.4, -0.2) is 19.1 Å². The fourth-order valence-corrected chi connectivity index (χ4v) is 2.39. The predicted octanol–water partition coefficient (Wildman–Crippen LogP) is 4.35. The molecular formula is C19H23NO3. The topological polar surface area (TPSA) is 47.6 Å². The lowest BCUT2D eigenvalue weighted by atomic mass is 10.1. The van der Waals surface area contributed by atoms with E-state index >= 15 is 0 Å².